The molecule has 2 aromatic rings. The number of aliphatic hydroxyl groups is 1. The summed E-state index contributed by atoms with van der Waals surface area (Å²) in [4.78, 5) is 20.9. The van der Waals surface area contributed by atoms with E-state index in [0.29, 0.717) is 5.69 Å². The Morgan fingerprint density at radius 2 is 2.32 bits per heavy atom. The van der Waals surface area contributed by atoms with Gasteiger partial charge < -0.3 is 5.11 Å². The van der Waals surface area contributed by atoms with Crippen molar-refractivity contribution in [2.24, 2.45) is 0 Å². The molecule has 9 heteroatoms. The minimum atomic E-state index is -2.51. The number of fused-ring (bicyclic) bond motifs is 1. The van der Waals surface area contributed by atoms with Crippen LogP contribution in [0.1, 0.15) is 5.69 Å². The van der Waals surface area contributed by atoms with Crippen LogP contribution < -0.4 is 5.56 Å². The van der Waals surface area contributed by atoms with E-state index in [0.717, 1.165) is 4.52 Å². The van der Waals surface area contributed by atoms with Gasteiger partial charge in [0.1, 0.15) is 6.33 Å². The summed E-state index contributed by atoms with van der Waals surface area (Å²) in [6, 6.07) is 1.25. The average molecular weight is 273 g/mol. The van der Waals surface area contributed by atoms with E-state index in [4.69, 9.17) is 5.11 Å². The Hall–Kier alpha value is -1.87. The summed E-state index contributed by atoms with van der Waals surface area (Å²) in [6.45, 7) is -0.575. The summed E-state index contributed by atoms with van der Waals surface area (Å²) in [5.41, 5.74) is -0.0234. The molecule has 0 aliphatic carbocycles. The highest BCUT2D eigenvalue weighted by atomic mass is 19.3. The van der Waals surface area contributed by atoms with Crippen molar-refractivity contribution >= 4 is 5.78 Å². The molecule has 0 aliphatic rings. The Kier molecular flexibility index (Phi) is 4.17. The van der Waals surface area contributed by atoms with E-state index in [2.05, 4.69) is 15.1 Å². The van der Waals surface area contributed by atoms with E-state index in [1.54, 1.807) is 0 Å². The second-order valence-electron chi connectivity index (χ2n) is 3.96. The predicted octanol–water partition coefficient (Wildman–Crippen LogP) is -0.523. The highest BCUT2D eigenvalue weighted by Crippen LogP contribution is 2.04. The Morgan fingerprint density at radius 1 is 1.53 bits per heavy atom. The van der Waals surface area contributed by atoms with Crippen LogP contribution in [0, 0.1) is 0 Å². The van der Waals surface area contributed by atoms with Crippen molar-refractivity contribution in [3.05, 3.63) is 28.4 Å². The van der Waals surface area contributed by atoms with Crippen molar-refractivity contribution in [1.82, 2.24) is 24.5 Å². The molecule has 7 nitrogen and oxygen atoms in total. The second-order valence-corrected chi connectivity index (χ2v) is 3.96. The van der Waals surface area contributed by atoms with Gasteiger partial charge in [0, 0.05) is 19.2 Å². The van der Waals surface area contributed by atoms with Gasteiger partial charge in [0.2, 0.25) is 0 Å². The highest BCUT2D eigenvalue weighted by Gasteiger charge is 2.14. The van der Waals surface area contributed by atoms with E-state index in [9.17, 15) is 13.6 Å². The molecular weight excluding hydrogens is 260 g/mol. The number of hydrogen-bond donors (Lipinski definition) is 2. The molecule has 0 spiro atoms. The lowest BCUT2D eigenvalue weighted by atomic mass is 10.3. The zero-order valence-corrected chi connectivity index (χ0v) is 9.96. The monoisotopic (exact) mass is 273 g/mol. The molecule has 0 bridgehead atoms. The van der Waals surface area contributed by atoms with Gasteiger partial charge >= 0.3 is 0 Å². The van der Waals surface area contributed by atoms with Gasteiger partial charge in [0.25, 0.3) is 17.8 Å². The first kappa shape index (κ1) is 13.6. The van der Waals surface area contributed by atoms with Gasteiger partial charge in [-0.1, -0.05) is 0 Å². The quantitative estimate of drug-likeness (QED) is 0.739. The number of nitrogens with one attached hydrogen (secondary N) is 1. The van der Waals surface area contributed by atoms with Crippen LogP contribution in [-0.2, 0) is 6.54 Å². The molecule has 0 saturated heterocycles. The molecule has 0 fully saturated rings. The van der Waals surface area contributed by atoms with Crippen LogP contribution in [0.5, 0.6) is 0 Å². The first-order valence-electron chi connectivity index (χ1n) is 5.63. The Labute approximate surface area is 106 Å². The lowest BCUT2D eigenvalue weighted by molar-refractivity contribution is 0.0740. The van der Waals surface area contributed by atoms with Crippen LogP contribution in [0.4, 0.5) is 8.78 Å². The van der Waals surface area contributed by atoms with E-state index in [-0.39, 0.29) is 31.0 Å². The molecule has 19 heavy (non-hydrogen) atoms. The summed E-state index contributed by atoms with van der Waals surface area (Å²) in [7, 11) is 0. The van der Waals surface area contributed by atoms with Crippen LogP contribution in [0.3, 0.4) is 0 Å². The summed E-state index contributed by atoms with van der Waals surface area (Å²) in [5, 5.41) is 11.4. The van der Waals surface area contributed by atoms with Gasteiger partial charge in [-0.2, -0.15) is 4.52 Å². The van der Waals surface area contributed by atoms with E-state index in [1.165, 1.54) is 17.3 Å². The van der Waals surface area contributed by atoms with Gasteiger partial charge in [-0.25, -0.2) is 18.7 Å². The number of aromatic amines is 1. The van der Waals surface area contributed by atoms with Crippen LogP contribution in [-0.4, -0.2) is 55.7 Å². The Bertz CT molecular complexity index is 597. The van der Waals surface area contributed by atoms with Crippen molar-refractivity contribution in [3.63, 3.8) is 0 Å². The SMILES string of the molecule is O=c1cc(CN(CCO)CC(F)F)nc2nc[nH]n12. The maximum Gasteiger partial charge on any atom is 0.274 e. The zero-order chi connectivity index (χ0) is 13.8. The Morgan fingerprint density at radius 3 is 3.00 bits per heavy atom. The number of rotatable bonds is 6. The highest BCUT2D eigenvalue weighted by molar-refractivity contribution is 5.25. The van der Waals surface area contributed by atoms with Crippen LogP contribution in [0.15, 0.2) is 17.2 Å². The van der Waals surface area contributed by atoms with Crippen LogP contribution in [0.2, 0.25) is 0 Å². The van der Waals surface area contributed by atoms with Crippen molar-refractivity contribution < 1.29 is 13.9 Å². The number of halogens is 2. The summed E-state index contributed by atoms with van der Waals surface area (Å²) < 4.78 is 25.9. The molecule has 0 atom stereocenters. The first-order valence-corrected chi connectivity index (χ1v) is 5.63. The molecule has 0 amide bonds. The molecule has 0 unspecified atom stereocenters. The first-order chi connectivity index (χ1) is 9.10. The lowest BCUT2D eigenvalue weighted by Crippen LogP contribution is -2.32. The van der Waals surface area contributed by atoms with Gasteiger partial charge in [-0.15, -0.1) is 0 Å². The standard InChI is InChI=1S/C10H13F2N5O2/c11-8(12)5-16(1-2-18)4-7-3-9(19)17-10(15-7)13-6-14-17/h3,6,8,18H,1-2,4-5H2,(H,13,14,15). The molecule has 2 N–H and O–H groups in total. The zero-order valence-electron chi connectivity index (χ0n) is 9.96. The third-order valence-corrected chi connectivity index (χ3v) is 2.52. The molecule has 2 rings (SSSR count). The predicted molar refractivity (Wildman–Crippen MR) is 62.0 cm³/mol. The van der Waals surface area contributed by atoms with Crippen LogP contribution >= 0.6 is 0 Å². The summed E-state index contributed by atoms with van der Waals surface area (Å²) >= 11 is 0. The molecule has 0 saturated carbocycles. The fourth-order valence-corrected chi connectivity index (χ4v) is 1.75. The van der Waals surface area contributed by atoms with Crippen molar-refractivity contribution in [2.45, 2.75) is 13.0 Å². The molecule has 0 aliphatic heterocycles. The third-order valence-electron chi connectivity index (χ3n) is 2.52. The van der Waals surface area contributed by atoms with E-state index >= 15 is 0 Å². The fourth-order valence-electron chi connectivity index (χ4n) is 1.75. The normalized spacial score (nSPS) is 11.8. The number of hydrogen-bond acceptors (Lipinski definition) is 5. The van der Waals surface area contributed by atoms with Crippen molar-refractivity contribution in [1.29, 1.82) is 0 Å². The minimum absolute atomic E-state index is 0.0590. The molecule has 2 heterocycles. The van der Waals surface area contributed by atoms with Gasteiger partial charge in [-0.3, -0.25) is 14.8 Å². The number of nitrogens with zero attached hydrogens (tertiary/aromatic N) is 4. The van der Waals surface area contributed by atoms with Gasteiger partial charge in [0.05, 0.1) is 18.8 Å². The fraction of sp³-hybridized carbons (Fsp3) is 0.500. The lowest BCUT2D eigenvalue weighted by Gasteiger charge is -2.19. The average Bonchev–Trinajstić information content (AvgIpc) is 2.77. The summed E-state index contributed by atoms with van der Waals surface area (Å²) in [5.74, 6) is 0.184. The maximum atomic E-state index is 12.4. The smallest absolute Gasteiger partial charge is 0.274 e. The van der Waals surface area contributed by atoms with Crippen LogP contribution in [0.25, 0.3) is 5.78 Å². The number of alkyl halides is 2. The number of aliphatic hydroxyl groups excluding tert-OH is 1. The van der Waals surface area contributed by atoms with Gasteiger partial charge in [-0.05, 0) is 0 Å². The van der Waals surface area contributed by atoms with E-state index < -0.39 is 13.0 Å². The molecule has 104 valence electrons. The Balaban J connectivity index is 2.20. The summed E-state index contributed by atoms with van der Waals surface area (Å²) in [6.07, 6.45) is -1.19. The molecular formula is C10H13F2N5O2. The minimum Gasteiger partial charge on any atom is -0.395 e. The van der Waals surface area contributed by atoms with Crippen molar-refractivity contribution in [2.75, 3.05) is 19.7 Å². The largest absolute Gasteiger partial charge is 0.395 e. The second kappa shape index (κ2) is 5.85. The molecule has 0 radical (unpaired) electrons. The topological polar surface area (TPSA) is 86.5 Å². The maximum absolute atomic E-state index is 12.4. The third kappa shape index (κ3) is 3.32. The number of aromatic nitrogens is 4. The van der Waals surface area contributed by atoms with Gasteiger partial charge in [0.15, 0.2) is 0 Å². The number of H-pyrrole nitrogens is 1. The van der Waals surface area contributed by atoms with Crippen molar-refractivity contribution in [3.8, 4) is 0 Å². The molecule has 0 aromatic carbocycles. The van der Waals surface area contributed by atoms with E-state index in [1.807, 2.05) is 0 Å². The molecule has 2 aromatic heterocycles.